The summed E-state index contributed by atoms with van der Waals surface area (Å²) in [6, 6.07) is 17.3. The van der Waals surface area contributed by atoms with Crippen LogP contribution in [0.4, 0.5) is 0 Å². The molecule has 0 spiro atoms. The highest BCUT2D eigenvalue weighted by Gasteiger charge is 2.31. The first kappa shape index (κ1) is 12.8. The molecule has 3 nitrogen and oxygen atoms in total. The van der Waals surface area contributed by atoms with Crippen molar-refractivity contribution in [1.29, 1.82) is 0 Å². The fourth-order valence-corrected chi connectivity index (χ4v) is 2.58. The van der Waals surface area contributed by atoms with Crippen LogP contribution in [0, 0.1) is 0 Å². The van der Waals surface area contributed by atoms with Gasteiger partial charge in [-0.2, -0.15) is 0 Å². The fourth-order valence-electron chi connectivity index (χ4n) is 2.58. The number of nitrogens with zero attached hydrogens (tertiary/aromatic N) is 1. The van der Waals surface area contributed by atoms with Crippen molar-refractivity contribution in [2.24, 2.45) is 5.73 Å². The lowest BCUT2D eigenvalue weighted by atomic mass is 9.84. The zero-order chi connectivity index (χ0) is 14.0. The van der Waals surface area contributed by atoms with E-state index in [2.05, 4.69) is 4.98 Å². The maximum Gasteiger partial charge on any atom is 0.127 e. The summed E-state index contributed by atoms with van der Waals surface area (Å²) < 4.78 is 0. The third kappa shape index (κ3) is 1.97. The Labute approximate surface area is 117 Å². The highest BCUT2D eigenvalue weighted by molar-refractivity contribution is 5.86. The molecule has 3 N–H and O–H groups in total. The number of hydrogen-bond donors (Lipinski definition) is 2. The lowest BCUT2D eigenvalue weighted by Crippen LogP contribution is -2.36. The summed E-state index contributed by atoms with van der Waals surface area (Å²) in [5, 5.41) is 13.1. The number of aromatic nitrogens is 1. The summed E-state index contributed by atoms with van der Waals surface area (Å²) >= 11 is 0. The van der Waals surface area contributed by atoms with E-state index in [0.717, 1.165) is 21.9 Å². The second-order valence-electron chi connectivity index (χ2n) is 4.83. The third-order valence-corrected chi connectivity index (χ3v) is 3.67. The van der Waals surface area contributed by atoms with E-state index in [0.29, 0.717) is 0 Å². The lowest BCUT2D eigenvalue weighted by Gasteiger charge is -2.29. The van der Waals surface area contributed by atoms with Gasteiger partial charge in [0.2, 0.25) is 0 Å². The maximum absolute atomic E-state index is 11.1. The number of pyridine rings is 1. The summed E-state index contributed by atoms with van der Waals surface area (Å²) in [6.45, 7) is 0.123. The Bertz CT molecular complexity index is 722. The van der Waals surface area contributed by atoms with Gasteiger partial charge in [0.25, 0.3) is 0 Å². The van der Waals surface area contributed by atoms with Crippen molar-refractivity contribution >= 4 is 10.8 Å². The Balaban J connectivity index is 2.27. The van der Waals surface area contributed by atoms with Crippen LogP contribution in [-0.4, -0.2) is 16.6 Å². The van der Waals surface area contributed by atoms with Gasteiger partial charge in [-0.15, -0.1) is 0 Å². The van der Waals surface area contributed by atoms with Gasteiger partial charge in [-0.25, -0.2) is 0 Å². The van der Waals surface area contributed by atoms with Crippen molar-refractivity contribution in [2.75, 3.05) is 6.54 Å². The summed E-state index contributed by atoms with van der Waals surface area (Å²) in [7, 11) is 0. The second kappa shape index (κ2) is 5.04. The Morgan fingerprint density at radius 1 is 1.00 bits per heavy atom. The van der Waals surface area contributed by atoms with E-state index in [-0.39, 0.29) is 6.54 Å². The molecule has 1 heterocycles. The topological polar surface area (TPSA) is 59.1 Å². The number of hydrogen-bond acceptors (Lipinski definition) is 3. The maximum atomic E-state index is 11.1. The molecule has 0 bridgehead atoms. The van der Waals surface area contributed by atoms with Crippen molar-refractivity contribution < 1.29 is 5.11 Å². The number of rotatable bonds is 3. The first-order valence-electron chi connectivity index (χ1n) is 6.57. The molecule has 0 aliphatic carbocycles. The molecule has 0 amide bonds. The van der Waals surface area contributed by atoms with Crippen LogP contribution < -0.4 is 5.73 Å². The van der Waals surface area contributed by atoms with E-state index in [1.807, 2.05) is 54.6 Å². The number of nitrogens with two attached hydrogens (primary N) is 1. The van der Waals surface area contributed by atoms with E-state index in [1.54, 1.807) is 12.4 Å². The smallest absolute Gasteiger partial charge is 0.127 e. The molecule has 3 heteroatoms. The minimum absolute atomic E-state index is 0.123. The van der Waals surface area contributed by atoms with Crippen LogP contribution in [0.25, 0.3) is 10.8 Å². The third-order valence-electron chi connectivity index (χ3n) is 3.67. The predicted octanol–water partition coefficient (Wildman–Crippen LogP) is 2.43. The molecular formula is C17H16N2O. The summed E-state index contributed by atoms with van der Waals surface area (Å²) in [6.07, 6.45) is 3.52. The van der Waals surface area contributed by atoms with Crippen LogP contribution in [0.1, 0.15) is 11.1 Å². The molecule has 3 rings (SSSR count). The number of aliphatic hydroxyl groups is 1. The van der Waals surface area contributed by atoms with E-state index in [4.69, 9.17) is 5.73 Å². The van der Waals surface area contributed by atoms with Crippen LogP contribution in [0.2, 0.25) is 0 Å². The average Bonchev–Trinajstić information content (AvgIpc) is 2.54. The Morgan fingerprint density at radius 2 is 1.80 bits per heavy atom. The number of fused-ring (bicyclic) bond motifs is 1. The summed E-state index contributed by atoms with van der Waals surface area (Å²) in [4.78, 5) is 4.12. The van der Waals surface area contributed by atoms with Crippen LogP contribution in [0.3, 0.4) is 0 Å². The average molecular weight is 264 g/mol. The van der Waals surface area contributed by atoms with Gasteiger partial charge in [-0.3, -0.25) is 4.98 Å². The van der Waals surface area contributed by atoms with Crippen molar-refractivity contribution in [2.45, 2.75) is 5.60 Å². The van der Waals surface area contributed by atoms with Gasteiger partial charge < -0.3 is 10.8 Å². The van der Waals surface area contributed by atoms with Crippen LogP contribution in [-0.2, 0) is 5.60 Å². The quantitative estimate of drug-likeness (QED) is 0.764. The van der Waals surface area contributed by atoms with Gasteiger partial charge >= 0.3 is 0 Å². The highest BCUT2D eigenvalue weighted by atomic mass is 16.3. The molecule has 0 fully saturated rings. The molecule has 0 aliphatic rings. The Morgan fingerprint density at radius 3 is 2.55 bits per heavy atom. The zero-order valence-electron chi connectivity index (χ0n) is 11.0. The van der Waals surface area contributed by atoms with Gasteiger partial charge in [-0.1, -0.05) is 48.5 Å². The normalized spacial score (nSPS) is 14.1. The molecular weight excluding hydrogens is 248 g/mol. The van der Waals surface area contributed by atoms with E-state index < -0.39 is 5.60 Å². The number of benzene rings is 2. The van der Waals surface area contributed by atoms with Gasteiger partial charge in [0.05, 0.1) is 0 Å². The Hall–Kier alpha value is -2.23. The van der Waals surface area contributed by atoms with Crippen LogP contribution >= 0.6 is 0 Å². The Kier molecular flexibility index (Phi) is 3.22. The van der Waals surface area contributed by atoms with Crippen molar-refractivity contribution in [1.82, 2.24) is 4.98 Å². The molecule has 0 aliphatic heterocycles. The molecule has 20 heavy (non-hydrogen) atoms. The van der Waals surface area contributed by atoms with Crippen LogP contribution in [0.5, 0.6) is 0 Å². The minimum atomic E-state index is -1.19. The van der Waals surface area contributed by atoms with Gasteiger partial charge in [0, 0.05) is 24.3 Å². The molecule has 2 aromatic carbocycles. The fraction of sp³-hybridized carbons (Fsp3) is 0.118. The van der Waals surface area contributed by atoms with Gasteiger partial charge in [0.1, 0.15) is 5.60 Å². The van der Waals surface area contributed by atoms with Crippen LogP contribution in [0.15, 0.2) is 67.0 Å². The van der Waals surface area contributed by atoms with Gasteiger partial charge in [-0.05, 0) is 22.6 Å². The predicted molar refractivity (Wildman–Crippen MR) is 80.2 cm³/mol. The zero-order valence-corrected chi connectivity index (χ0v) is 11.0. The minimum Gasteiger partial charge on any atom is -0.379 e. The molecule has 1 unspecified atom stereocenters. The van der Waals surface area contributed by atoms with E-state index >= 15 is 0 Å². The standard InChI is InChI=1S/C17H16N2O/c18-12-17(20,14-6-2-1-3-7-14)16-8-4-5-13-11-19-10-9-15(13)16/h1-11,20H,12,18H2. The highest BCUT2D eigenvalue weighted by Crippen LogP contribution is 2.33. The first-order chi connectivity index (χ1) is 9.75. The van der Waals surface area contributed by atoms with E-state index in [9.17, 15) is 5.11 Å². The summed E-state index contributed by atoms with van der Waals surface area (Å²) in [5.41, 5.74) is 6.31. The van der Waals surface area contributed by atoms with Gasteiger partial charge in [0.15, 0.2) is 0 Å². The molecule has 1 aromatic heterocycles. The molecule has 0 saturated carbocycles. The lowest BCUT2D eigenvalue weighted by molar-refractivity contribution is 0.0918. The van der Waals surface area contributed by atoms with Crippen molar-refractivity contribution in [3.8, 4) is 0 Å². The molecule has 0 saturated heterocycles. The van der Waals surface area contributed by atoms with Crippen molar-refractivity contribution in [3.05, 3.63) is 78.1 Å². The molecule has 1 atom stereocenters. The molecule has 0 radical (unpaired) electrons. The second-order valence-corrected chi connectivity index (χ2v) is 4.83. The molecule has 100 valence electrons. The first-order valence-corrected chi connectivity index (χ1v) is 6.57. The summed E-state index contributed by atoms with van der Waals surface area (Å²) in [5.74, 6) is 0. The largest absolute Gasteiger partial charge is 0.379 e. The SMILES string of the molecule is NCC(O)(c1ccccc1)c1cccc2cnccc12. The molecule has 3 aromatic rings. The van der Waals surface area contributed by atoms with Crippen molar-refractivity contribution in [3.63, 3.8) is 0 Å². The monoisotopic (exact) mass is 264 g/mol. The van der Waals surface area contributed by atoms with E-state index in [1.165, 1.54) is 0 Å².